The van der Waals surface area contributed by atoms with E-state index >= 15 is 0 Å². The Morgan fingerprint density at radius 1 is 1.12 bits per heavy atom. The molecule has 142 valence electrons. The Hall–Kier alpha value is -1.83. The fourth-order valence-corrected chi connectivity index (χ4v) is 2.70. The summed E-state index contributed by atoms with van der Waals surface area (Å²) in [6.45, 7) is 8.50. The first-order valence-corrected chi connectivity index (χ1v) is 8.70. The number of methoxy groups -OCH3 is 1. The van der Waals surface area contributed by atoms with Gasteiger partial charge in [0.15, 0.2) is 5.96 Å². The van der Waals surface area contributed by atoms with Crippen LogP contribution in [0.25, 0.3) is 0 Å². The summed E-state index contributed by atoms with van der Waals surface area (Å²) >= 11 is 0. The van der Waals surface area contributed by atoms with Crippen molar-refractivity contribution in [3.05, 3.63) is 58.8 Å². The molecule has 1 heterocycles. The van der Waals surface area contributed by atoms with Crippen LogP contribution < -0.4 is 15.4 Å². The van der Waals surface area contributed by atoms with Crippen molar-refractivity contribution in [2.24, 2.45) is 4.99 Å². The maximum Gasteiger partial charge on any atom is 0.213 e. The monoisotopic (exact) mass is 468 g/mol. The van der Waals surface area contributed by atoms with Gasteiger partial charge in [-0.3, -0.25) is 0 Å². The van der Waals surface area contributed by atoms with Crippen LogP contribution in [0.4, 0.5) is 0 Å². The summed E-state index contributed by atoms with van der Waals surface area (Å²) in [5, 5.41) is 6.66. The second-order valence-electron chi connectivity index (χ2n) is 6.04. The topological polar surface area (TPSA) is 58.5 Å². The van der Waals surface area contributed by atoms with Crippen molar-refractivity contribution in [1.29, 1.82) is 0 Å². The van der Waals surface area contributed by atoms with Crippen LogP contribution in [0.15, 0.2) is 41.4 Å². The molecule has 0 radical (unpaired) electrons. The average molecular weight is 468 g/mol. The number of rotatable bonds is 7. The van der Waals surface area contributed by atoms with Gasteiger partial charge in [-0.15, -0.1) is 24.0 Å². The molecule has 0 saturated carbocycles. The first-order valence-electron chi connectivity index (χ1n) is 8.70. The minimum atomic E-state index is 0. The minimum absolute atomic E-state index is 0. The van der Waals surface area contributed by atoms with Crippen molar-refractivity contribution in [1.82, 2.24) is 15.6 Å². The van der Waals surface area contributed by atoms with Gasteiger partial charge < -0.3 is 15.4 Å². The third-order valence-electron chi connectivity index (χ3n) is 3.72. The van der Waals surface area contributed by atoms with Crippen LogP contribution >= 0.6 is 24.0 Å². The third-order valence-corrected chi connectivity index (χ3v) is 3.72. The van der Waals surface area contributed by atoms with Gasteiger partial charge in [0.25, 0.3) is 0 Å². The van der Waals surface area contributed by atoms with E-state index in [9.17, 15) is 0 Å². The SMILES string of the molecule is CCNC(=NCc1cccc(OC)n1)NCCc1cc(C)cc(C)c1.I. The van der Waals surface area contributed by atoms with E-state index in [0.29, 0.717) is 12.4 Å². The molecule has 0 aliphatic carbocycles. The fraction of sp³-hybridized carbons (Fsp3) is 0.400. The molecule has 6 heteroatoms. The van der Waals surface area contributed by atoms with Crippen molar-refractivity contribution < 1.29 is 4.74 Å². The van der Waals surface area contributed by atoms with Crippen LogP contribution in [0.2, 0.25) is 0 Å². The molecule has 1 aromatic carbocycles. The molecule has 0 unspecified atom stereocenters. The van der Waals surface area contributed by atoms with Crippen LogP contribution in [0.5, 0.6) is 5.88 Å². The summed E-state index contributed by atoms with van der Waals surface area (Å²) in [6, 6.07) is 12.4. The van der Waals surface area contributed by atoms with E-state index < -0.39 is 0 Å². The number of aryl methyl sites for hydroxylation is 2. The first-order chi connectivity index (χ1) is 12.1. The van der Waals surface area contributed by atoms with Crippen molar-refractivity contribution in [3.8, 4) is 5.88 Å². The standard InChI is InChI=1S/C20H28N4O.HI/c1-5-21-20(23-14-18-7-6-8-19(24-18)25-4)22-10-9-17-12-15(2)11-16(3)13-17;/h6-8,11-13H,5,9-10,14H2,1-4H3,(H2,21,22,23);1H. The fourth-order valence-electron chi connectivity index (χ4n) is 2.70. The largest absolute Gasteiger partial charge is 0.481 e. The molecule has 0 fully saturated rings. The number of pyridine rings is 1. The lowest BCUT2D eigenvalue weighted by Gasteiger charge is -2.12. The smallest absolute Gasteiger partial charge is 0.213 e. The first kappa shape index (κ1) is 22.2. The summed E-state index contributed by atoms with van der Waals surface area (Å²) in [5.41, 5.74) is 4.83. The van der Waals surface area contributed by atoms with Crippen LogP contribution in [0.1, 0.15) is 29.3 Å². The zero-order valence-corrected chi connectivity index (χ0v) is 18.3. The number of benzene rings is 1. The van der Waals surface area contributed by atoms with Crippen LogP contribution in [-0.2, 0) is 13.0 Å². The number of nitrogens with zero attached hydrogens (tertiary/aromatic N) is 2. The van der Waals surface area contributed by atoms with Gasteiger partial charge >= 0.3 is 0 Å². The van der Waals surface area contributed by atoms with E-state index in [1.54, 1.807) is 7.11 Å². The average Bonchev–Trinajstić information content (AvgIpc) is 2.59. The highest BCUT2D eigenvalue weighted by molar-refractivity contribution is 14.0. The van der Waals surface area contributed by atoms with Crippen LogP contribution in [0.3, 0.4) is 0 Å². The molecule has 0 spiro atoms. The van der Waals surface area contributed by atoms with Gasteiger partial charge in [-0.2, -0.15) is 0 Å². The molecule has 26 heavy (non-hydrogen) atoms. The number of nitrogens with one attached hydrogen (secondary N) is 2. The highest BCUT2D eigenvalue weighted by Gasteiger charge is 2.01. The summed E-state index contributed by atoms with van der Waals surface area (Å²) in [6.07, 6.45) is 0.963. The molecule has 0 saturated heterocycles. The van der Waals surface area contributed by atoms with E-state index in [2.05, 4.69) is 59.6 Å². The summed E-state index contributed by atoms with van der Waals surface area (Å²) in [4.78, 5) is 8.99. The van der Waals surface area contributed by atoms with E-state index in [1.165, 1.54) is 16.7 Å². The molecule has 0 atom stereocenters. The lowest BCUT2D eigenvalue weighted by Crippen LogP contribution is -2.38. The molecule has 1 aromatic heterocycles. The molecule has 0 bridgehead atoms. The normalized spacial score (nSPS) is 10.8. The highest BCUT2D eigenvalue weighted by Crippen LogP contribution is 2.09. The van der Waals surface area contributed by atoms with Crippen molar-refractivity contribution in [3.63, 3.8) is 0 Å². The summed E-state index contributed by atoms with van der Waals surface area (Å²) < 4.78 is 5.15. The number of aromatic nitrogens is 1. The Labute approximate surface area is 173 Å². The number of halogens is 1. The number of ether oxygens (including phenoxy) is 1. The Morgan fingerprint density at radius 3 is 2.50 bits per heavy atom. The maximum atomic E-state index is 5.15. The highest BCUT2D eigenvalue weighted by atomic mass is 127. The van der Waals surface area contributed by atoms with Gasteiger partial charge in [0.05, 0.1) is 19.3 Å². The van der Waals surface area contributed by atoms with Gasteiger partial charge in [0.1, 0.15) is 0 Å². The van der Waals surface area contributed by atoms with Crippen molar-refractivity contribution in [2.45, 2.75) is 33.7 Å². The molecule has 2 N–H and O–H groups in total. The van der Waals surface area contributed by atoms with E-state index in [-0.39, 0.29) is 24.0 Å². The van der Waals surface area contributed by atoms with Gasteiger partial charge in [0.2, 0.25) is 5.88 Å². The van der Waals surface area contributed by atoms with Gasteiger partial charge in [0, 0.05) is 19.2 Å². The predicted octanol–water partition coefficient (Wildman–Crippen LogP) is 3.62. The van der Waals surface area contributed by atoms with E-state index in [1.807, 2.05) is 18.2 Å². The Kier molecular flexibility index (Phi) is 10.0. The zero-order valence-electron chi connectivity index (χ0n) is 16.0. The lowest BCUT2D eigenvalue weighted by molar-refractivity contribution is 0.396. The number of hydrogen-bond acceptors (Lipinski definition) is 3. The molecular formula is C20H29IN4O. The molecule has 5 nitrogen and oxygen atoms in total. The number of guanidine groups is 1. The Bertz CT molecular complexity index is 698. The van der Waals surface area contributed by atoms with E-state index in [0.717, 1.165) is 31.2 Å². The lowest BCUT2D eigenvalue weighted by atomic mass is 10.1. The predicted molar refractivity (Wildman–Crippen MR) is 119 cm³/mol. The molecule has 2 rings (SSSR count). The van der Waals surface area contributed by atoms with Crippen LogP contribution in [0, 0.1) is 13.8 Å². The maximum absolute atomic E-state index is 5.15. The molecule has 0 aliphatic rings. The molecule has 2 aromatic rings. The summed E-state index contributed by atoms with van der Waals surface area (Å²) in [7, 11) is 1.62. The van der Waals surface area contributed by atoms with Crippen molar-refractivity contribution >= 4 is 29.9 Å². The second-order valence-corrected chi connectivity index (χ2v) is 6.04. The molecular weight excluding hydrogens is 439 g/mol. The van der Waals surface area contributed by atoms with Crippen molar-refractivity contribution in [2.75, 3.05) is 20.2 Å². The number of aliphatic imine (C=N–C) groups is 1. The quantitative estimate of drug-likeness (QED) is 0.370. The van der Waals surface area contributed by atoms with Gasteiger partial charge in [-0.05, 0) is 38.8 Å². The molecule has 0 amide bonds. The van der Waals surface area contributed by atoms with Crippen LogP contribution in [-0.4, -0.2) is 31.1 Å². The molecule has 0 aliphatic heterocycles. The summed E-state index contributed by atoms with van der Waals surface area (Å²) in [5.74, 6) is 1.41. The zero-order chi connectivity index (χ0) is 18.1. The minimum Gasteiger partial charge on any atom is -0.481 e. The van der Waals surface area contributed by atoms with Gasteiger partial charge in [-0.1, -0.05) is 35.4 Å². The Morgan fingerprint density at radius 2 is 1.85 bits per heavy atom. The second kappa shape index (κ2) is 11.7. The Balaban J connectivity index is 0.00000338. The van der Waals surface area contributed by atoms with Gasteiger partial charge in [-0.25, -0.2) is 9.98 Å². The van der Waals surface area contributed by atoms with E-state index in [4.69, 9.17) is 4.74 Å². The number of hydrogen-bond donors (Lipinski definition) is 2. The third kappa shape index (κ3) is 7.59.